The van der Waals surface area contributed by atoms with Crippen LogP contribution in [0.3, 0.4) is 0 Å². The van der Waals surface area contributed by atoms with E-state index in [1.807, 2.05) is 0 Å². The van der Waals surface area contributed by atoms with Crippen molar-refractivity contribution < 1.29 is 18.3 Å². The molecule has 0 N–H and O–H groups in total. The molecule has 0 unspecified atom stereocenters. The molecule has 6 aromatic rings. The van der Waals surface area contributed by atoms with E-state index in [0.717, 1.165) is 33.7 Å². The van der Waals surface area contributed by atoms with Gasteiger partial charge in [-0.1, -0.05) is 0 Å². The average molecular weight is 771 g/mol. The monoisotopic (exact) mass is 768 g/mol. The first-order chi connectivity index (χ1) is 23.7. The van der Waals surface area contributed by atoms with E-state index in [9.17, 15) is 0 Å². The summed E-state index contributed by atoms with van der Waals surface area (Å²) in [4.78, 5) is 0. The van der Waals surface area contributed by atoms with Gasteiger partial charge in [-0.2, -0.15) is 0 Å². The van der Waals surface area contributed by atoms with Crippen molar-refractivity contribution in [3.05, 3.63) is 157 Å². The van der Waals surface area contributed by atoms with Crippen LogP contribution in [0.15, 0.2) is 125 Å². The van der Waals surface area contributed by atoms with Gasteiger partial charge in [-0.15, -0.1) is 0 Å². The Kier molecular flexibility index (Phi) is 7.82. The van der Waals surface area contributed by atoms with Crippen molar-refractivity contribution in [3.63, 3.8) is 0 Å². The standard InChI is InChI=1S/C21H25.2C10H6Cl.C5H5.CH2.Zr/c1-20(2,3)16-7-9-18-14(12-16)11-15-13-17(21(4,5)6)8-10-19(15)18;2*11-10-7-3-5-8-4-1-2-6-9(8)10;1-2-4-5-3-1;;/h7-10,12H,11H2,1-6H3;2*1-4,6-7H;1-3H,4H2;1H2;. The van der Waals surface area contributed by atoms with Crippen molar-refractivity contribution in [3.8, 4) is 11.1 Å². The second-order valence-corrected chi connectivity index (χ2v) is 30.1. The van der Waals surface area contributed by atoms with E-state index in [1.165, 1.54) is 57.2 Å². The molecule has 0 nitrogen and oxygen atoms in total. The summed E-state index contributed by atoms with van der Waals surface area (Å²) in [5.74, 6) is 0. The number of halogens is 2. The van der Waals surface area contributed by atoms with Gasteiger partial charge in [-0.25, -0.2) is 0 Å². The summed E-state index contributed by atoms with van der Waals surface area (Å²) in [6.45, 7) is 14.0. The van der Waals surface area contributed by atoms with E-state index in [4.69, 9.17) is 27.4 Å². The average Bonchev–Trinajstić information content (AvgIpc) is 3.77. The quantitative estimate of drug-likeness (QED) is 0.167. The normalized spacial score (nSPS) is 14.7. The van der Waals surface area contributed by atoms with Crippen LogP contribution in [-0.2, 0) is 35.5 Å². The van der Waals surface area contributed by atoms with Gasteiger partial charge in [0.1, 0.15) is 0 Å². The second kappa shape index (κ2) is 11.6. The molecule has 250 valence electrons. The molecule has 0 fully saturated rings. The first kappa shape index (κ1) is 33.8. The molecule has 0 spiro atoms. The van der Waals surface area contributed by atoms with E-state index < -0.39 is 18.3 Å². The summed E-state index contributed by atoms with van der Waals surface area (Å²) < 4.78 is 11.5. The number of rotatable bonds is 4. The van der Waals surface area contributed by atoms with Crippen molar-refractivity contribution in [1.29, 1.82) is 0 Å². The Morgan fingerprint density at radius 1 is 0.620 bits per heavy atom. The van der Waals surface area contributed by atoms with Gasteiger partial charge in [0.15, 0.2) is 0 Å². The van der Waals surface area contributed by atoms with Crippen molar-refractivity contribution in [2.24, 2.45) is 0 Å². The molecule has 2 aliphatic carbocycles. The second-order valence-electron chi connectivity index (χ2n) is 16.6. The van der Waals surface area contributed by atoms with Crippen LogP contribution in [0.4, 0.5) is 0 Å². The summed E-state index contributed by atoms with van der Waals surface area (Å²) >= 11 is 8.76. The van der Waals surface area contributed by atoms with Gasteiger partial charge in [0.05, 0.1) is 0 Å². The van der Waals surface area contributed by atoms with E-state index in [-0.39, 0.29) is 10.8 Å². The summed E-state index contributed by atoms with van der Waals surface area (Å²) in [5, 5.41) is 6.06. The molecular weight excluding hydrogens is 727 g/mol. The first-order valence-electron chi connectivity index (χ1n) is 17.8. The molecule has 0 saturated heterocycles. The van der Waals surface area contributed by atoms with Crippen LogP contribution in [0.5, 0.6) is 0 Å². The van der Waals surface area contributed by atoms with Gasteiger partial charge in [0, 0.05) is 0 Å². The molecule has 0 aliphatic heterocycles. The molecule has 3 heteroatoms. The van der Waals surface area contributed by atoms with Gasteiger partial charge in [0.25, 0.3) is 0 Å². The van der Waals surface area contributed by atoms with Gasteiger partial charge in [-0.3, -0.25) is 0 Å². The third kappa shape index (κ3) is 4.76. The summed E-state index contributed by atoms with van der Waals surface area (Å²) in [6, 6.07) is 38.4. The zero-order valence-corrected chi connectivity index (χ0v) is 33.9. The summed E-state index contributed by atoms with van der Waals surface area (Å²) in [6.07, 6.45) is 8.74. The van der Waals surface area contributed by atoms with Crippen molar-refractivity contribution in [2.75, 3.05) is 0 Å². The molecule has 0 amide bonds. The molecule has 2 aliphatic rings. The van der Waals surface area contributed by atoms with Gasteiger partial charge in [0.2, 0.25) is 0 Å². The summed E-state index contributed by atoms with van der Waals surface area (Å²) in [7, 11) is 0. The minimum absolute atomic E-state index is 0.0600. The maximum atomic E-state index is 7.06. The Labute approximate surface area is 308 Å². The van der Waals surface area contributed by atoms with Crippen molar-refractivity contribution in [1.82, 2.24) is 0 Å². The molecule has 8 rings (SSSR count). The number of fused-ring (bicyclic) bond motifs is 5. The first-order valence-corrected chi connectivity index (χ1v) is 25.2. The van der Waals surface area contributed by atoms with Gasteiger partial charge in [-0.05, 0) is 0 Å². The fourth-order valence-electron chi connectivity index (χ4n) is 9.26. The fraction of sp³-hybridized carbons (Fsp3) is 0.213. The van der Waals surface area contributed by atoms with Gasteiger partial charge < -0.3 is 0 Å². The molecule has 0 radical (unpaired) electrons. The van der Waals surface area contributed by atoms with E-state index in [0.29, 0.717) is 0 Å². The summed E-state index contributed by atoms with van der Waals surface area (Å²) in [5.41, 5.74) is 8.19. The molecule has 0 atom stereocenters. The Hall–Kier alpha value is -3.35. The van der Waals surface area contributed by atoms with E-state index in [2.05, 4.69) is 163 Å². The van der Waals surface area contributed by atoms with Gasteiger partial charge >= 0.3 is 310 Å². The third-order valence-corrected chi connectivity index (χ3v) is 28.9. The van der Waals surface area contributed by atoms with Crippen LogP contribution in [0, 0.1) is 0 Å². The van der Waals surface area contributed by atoms with Crippen LogP contribution in [0.25, 0.3) is 32.7 Å². The molecule has 50 heavy (non-hydrogen) atoms. The number of benzene rings is 6. The van der Waals surface area contributed by atoms with Crippen LogP contribution in [-0.4, -0.2) is 4.21 Å². The van der Waals surface area contributed by atoms with Crippen LogP contribution >= 0.6 is 23.2 Å². The van der Waals surface area contributed by atoms with Crippen molar-refractivity contribution in [2.45, 2.75) is 65.2 Å². The molecule has 0 saturated carbocycles. The molecule has 6 aromatic carbocycles. The third-order valence-electron chi connectivity index (χ3n) is 11.7. The zero-order valence-electron chi connectivity index (χ0n) is 29.9. The Morgan fingerprint density at radius 2 is 1.18 bits per heavy atom. The van der Waals surface area contributed by atoms with Crippen LogP contribution < -0.4 is 9.81 Å². The predicted molar refractivity (Wildman–Crippen MR) is 218 cm³/mol. The molecular formula is C47H44Cl2Zr. The SMILES string of the molecule is [CH2]=[Zr]([C]1=CC=CC1)([c]1c(C(C)(C)C)ccc2c1Cc1cc(C(C)(C)C)ccc1-2)([c]1ccc(Cl)c2ccccc12)[c]1ccc(Cl)c2ccccc12. The fourth-order valence-corrected chi connectivity index (χ4v) is 27.8. The Balaban J connectivity index is 1.65. The number of hydrogen-bond acceptors (Lipinski definition) is 0. The zero-order chi connectivity index (χ0) is 35.2. The van der Waals surface area contributed by atoms with Crippen LogP contribution in [0.1, 0.15) is 70.2 Å². The van der Waals surface area contributed by atoms with Crippen molar-refractivity contribution >= 4 is 58.8 Å². The number of hydrogen-bond donors (Lipinski definition) is 0. The predicted octanol–water partition coefficient (Wildman–Crippen LogP) is 11.7. The van der Waals surface area contributed by atoms with E-state index >= 15 is 0 Å². The molecule has 0 heterocycles. The Bertz CT molecular complexity index is 2440. The van der Waals surface area contributed by atoms with Crippen LogP contribution in [0.2, 0.25) is 10.0 Å². The topological polar surface area (TPSA) is 0 Å². The van der Waals surface area contributed by atoms with E-state index in [1.54, 1.807) is 0 Å². The molecule has 0 bridgehead atoms. The Morgan fingerprint density at radius 3 is 1.70 bits per heavy atom. The minimum atomic E-state index is -5.36. The molecule has 0 aromatic heterocycles. The maximum absolute atomic E-state index is 7.06. The number of allylic oxidation sites excluding steroid dienone is 4.